The Balaban J connectivity index is 1.80. The molecule has 0 bridgehead atoms. The third-order valence-electron chi connectivity index (χ3n) is 3.32. The summed E-state index contributed by atoms with van der Waals surface area (Å²) in [4.78, 5) is 18.3. The van der Waals surface area contributed by atoms with E-state index in [0.717, 1.165) is 31.8 Å². The summed E-state index contributed by atoms with van der Waals surface area (Å²) >= 11 is 0. The van der Waals surface area contributed by atoms with Gasteiger partial charge in [-0.15, -0.1) is 0 Å². The summed E-state index contributed by atoms with van der Waals surface area (Å²) in [6.45, 7) is 2.13. The van der Waals surface area contributed by atoms with Crippen molar-refractivity contribution in [1.82, 2.24) is 19.8 Å². The van der Waals surface area contributed by atoms with E-state index in [-0.39, 0.29) is 5.91 Å². The second-order valence-corrected chi connectivity index (χ2v) is 4.78. The van der Waals surface area contributed by atoms with Gasteiger partial charge in [-0.3, -0.25) is 4.79 Å². The largest absolute Gasteiger partial charge is 0.353 e. The van der Waals surface area contributed by atoms with Crippen molar-refractivity contribution in [2.45, 2.75) is 25.3 Å². The molecule has 2 rings (SSSR count). The van der Waals surface area contributed by atoms with Crippen LogP contribution in [0, 0.1) is 0 Å². The quantitative estimate of drug-likeness (QED) is 0.814. The highest BCUT2D eigenvalue weighted by molar-refractivity contribution is 5.78. The van der Waals surface area contributed by atoms with Crippen molar-refractivity contribution >= 4 is 5.91 Å². The molecule has 0 spiro atoms. The molecule has 0 aromatic carbocycles. The molecule has 1 aliphatic heterocycles. The molecule has 1 N–H and O–H groups in total. The molecule has 0 atom stereocenters. The van der Waals surface area contributed by atoms with Crippen molar-refractivity contribution in [2.24, 2.45) is 7.05 Å². The van der Waals surface area contributed by atoms with E-state index in [4.69, 9.17) is 0 Å². The number of nitrogens with zero attached hydrogens (tertiary/aromatic N) is 3. The van der Waals surface area contributed by atoms with E-state index in [1.165, 1.54) is 0 Å². The molecule has 17 heavy (non-hydrogen) atoms. The second-order valence-electron chi connectivity index (χ2n) is 4.78. The van der Waals surface area contributed by atoms with E-state index in [2.05, 4.69) is 22.2 Å². The number of piperidine rings is 1. The molecule has 5 heteroatoms. The summed E-state index contributed by atoms with van der Waals surface area (Å²) in [5, 5.41) is 3.09. The predicted octanol–water partition coefficient (Wildman–Crippen LogP) is 0.173. The van der Waals surface area contributed by atoms with Gasteiger partial charge in [0.25, 0.3) is 0 Å². The minimum absolute atomic E-state index is 0.0776. The van der Waals surface area contributed by atoms with E-state index < -0.39 is 0 Å². The molecule has 0 radical (unpaired) electrons. The van der Waals surface area contributed by atoms with Crippen molar-refractivity contribution in [1.29, 1.82) is 0 Å². The highest BCUT2D eigenvalue weighted by Crippen LogP contribution is 2.08. The van der Waals surface area contributed by atoms with Gasteiger partial charge in [0.15, 0.2) is 0 Å². The number of carbonyl (C=O) groups excluding carboxylic acids is 1. The third kappa shape index (κ3) is 3.30. The standard InChI is InChI=1S/C12H20N4O/c1-15-6-3-10(4-7-15)14-12(17)9-11-13-5-8-16(11)2/h5,8,10H,3-4,6-7,9H2,1-2H3,(H,14,17). The summed E-state index contributed by atoms with van der Waals surface area (Å²) in [6, 6.07) is 0.332. The normalized spacial score (nSPS) is 18.2. The number of aryl methyl sites for hydroxylation is 1. The van der Waals surface area contributed by atoms with E-state index in [9.17, 15) is 4.79 Å². The Morgan fingerprint density at radius 3 is 2.76 bits per heavy atom. The summed E-state index contributed by atoms with van der Waals surface area (Å²) in [6.07, 6.45) is 6.04. The molecule has 2 heterocycles. The van der Waals surface area contributed by atoms with Gasteiger partial charge in [0.1, 0.15) is 5.82 Å². The number of rotatable bonds is 3. The average molecular weight is 236 g/mol. The number of nitrogens with one attached hydrogen (secondary N) is 1. The molecule has 1 aliphatic rings. The molecule has 1 fully saturated rings. The Morgan fingerprint density at radius 1 is 1.47 bits per heavy atom. The number of amides is 1. The average Bonchev–Trinajstić information content (AvgIpc) is 2.68. The molecule has 0 unspecified atom stereocenters. The lowest BCUT2D eigenvalue weighted by Crippen LogP contribution is -2.44. The van der Waals surface area contributed by atoms with Crippen LogP contribution < -0.4 is 5.32 Å². The van der Waals surface area contributed by atoms with Crippen molar-refractivity contribution in [3.05, 3.63) is 18.2 Å². The second kappa shape index (κ2) is 5.31. The van der Waals surface area contributed by atoms with E-state index in [1.807, 2.05) is 17.8 Å². The first-order valence-corrected chi connectivity index (χ1v) is 6.09. The smallest absolute Gasteiger partial charge is 0.227 e. The first-order valence-electron chi connectivity index (χ1n) is 6.09. The van der Waals surface area contributed by atoms with Crippen molar-refractivity contribution < 1.29 is 4.79 Å². The Kier molecular flexibility index (Phi) is 3.78. The molecular formula is C12H20N4O. The van der Waals surface area contributed by atoms with Crippen molar-refractivity contribution in [3.63, 3.8) is 0 Å². The highest BCUT2D eigenvalue weighted by atomic mass is 16.1. The lowest BCUT2D eigenvalue weighted by atomic mass is 10.1. The van der Waals surface area contributed by atoms with Crippen LogP contribution in [0.2, 0.25) is 0 Å². The molecule has 1 amide bonds. The molecule has 0 aliphatic carbocycles. The van der Waals surface area contributed by atoms with Gasteiger partial charge in [0, 0.05) is 25.5 Å². The molecule has 1 saturated heterocycles. The molecule has 94 valence electrons. The summed E-state index contributed by atoms with van der Waals surface area (Å²) < 4.78 is 1.88. The van der Waals surface area contributed by atoms with E-state index in [0.29, 0.717) is 12.5 Å². The van der Waals surface area contributed by atoms with Crippen LogP contribution in [0.3, 0.4) is 0 Å². The number of carbonyl (C=O) groups is 1. The van der Waals surface area contributed by atoms with Gasteiger partial charge in [0.05, 0.1) is 6.42 Å². The molecular weight excluding hydrogens is 216 g/mol. The van der Waals surface area contributed by atoms with Crippen LogP contribution in [0.5, 0.6) is 0 Å². The fraction of sp³-hybridized carbons (Fsp3) is 0.667. The van der Waals surface area contributed by atoms with Crippen LogP contribution in [0.15, 0.2) is 12.4 Å². The van der Waals surface area contributed by atoms with Crippen LogP contribution in [0.4, 0.5) is 0 Å². The van der Waals surface area contributed by atoms with Crippen molar-refractivity contribution in [2.75, 3.05) is 20.1 Å². The van der Waals surface area contributed by atoms with Gasteiger partial charge < -0.3 is 14.8 Å². The fourth-order valence-corrected chi connectivity index (χ4v) is 2.14. The Labute approximate surface area is 102 Å². The number of hydrogen-bond acceptors (Lipinski definition) is 3. The van der Waals surface area contributed by atoms with Crippen LogP contribution >= 0.6 is 0 Å². The Hall–Kier alpha value is -1.36. The summed E-state index contributed by atoms with van der Waals surface area (Å²) in [5.74, 6) is 0.893. The zero-order valence-corrected chi connectivity index (χ0v) is 10.5. The van der Waals surface area contributed by atoms with Gasteiger partial charge >= 0.3 is 0 Å². The Morgan fingerprint density at radius 2 is 2.18 bits per heavy atom. The monoisotopic (exact) mass is 236 g/mol. The third-order valence-corrected chi connectivity index (χ3v) is 3.32. The molecule has 0 saturated carbocycles. The number of hydrogen-bond donors (Lipinski definition) is 1. The maximum absolute atomic E-state index is 11.8. The van der Waals surface area contributed by atoms with E-state index >= 15 is 0 Å². The minimum atomic E-state index is 0.0776. The predicted molar refractivity (Wildman–Crippen MR) is 65.6 cm³/mol. The summed E-state index contributed by atoms with van der Waals surface area (Å²) in [5.41, 5.74) is 0. The molecule has 5 nitrogen and oxygen atoms in total. The fourth-order valence-electron chi connectivity index (χ4n) is 2.14. The first-order chi connectivity index (χ1) is 8.15. The maximum Gasteiger partial charge on any atom is 0.227 e. The lowest BCUT2D eigenvalue weighted by Gasteiger charge is -2.29. The molecule has 1 aromatic heterocycles. The lowest BCUT2D eigenvalue weighted by molar-refractivity contribution is -0.121. The summed E-state index contributed by atoms with van der Waals surface area (Å²) in [7, 11) is 4.02. The van der Waals surface area contributed by atoms with Crippen LogP contribution in [-0.4, -0.2) is 46.5 Å². The van der Waals surface area contributed by atoms with Crippen LogP contribution in [-0.2, 0) is 18.3 Å². The van der Waals surface area contributed by atoms with Gasteiger partial charge in [-0.05, 0) is 33.0 Å². The van der Waals surface area contributed by atoms with Crippen LogP contribution in [0.1, 0.15) is 18.7 Å². The van der Waals surface area contributed by atoms with Crippen LogP contribution in [0.25, 0.3) is 0 Å². The SMILES string of the molecule is CN1CCC(NC(=O)Cc2nccn2C)CC1. The minimum Gasteiger partial charge on any atom is -0.353 e. The zero-order chi connectivity index (χ0) is 12.3. The van der Waals surface area contributed by atoms with Gasteiger partial charge in [-0.1, -0.05) is 0 Å². The number of imidazole rings is 1. The number of likely N-dealkylation sites (tertiary alicyclic amines) is 1. The maximum atomic E-state index is 11.8. The zero-order valence-electron chi connectivity index (χ0n) is 10.5. The van der Waals surface area contributed by atoms with Gasteiger partial charge in [0.2, 0.25) is 5.91 Å². The highest BCUT2D eigenvalue weighted by Gasteiger charge is 2.18. The molecule has 1 aromatic rings. The van der Waals surface area contributed by atoms with Gasteiger partial charge in [-0.25, -0.2) is 4.98 Å². The topological polar surface area (TPSA) is 50.2 Å². The number of aromatic nitrogens is 2. The van der Waals surface area contributed by atoms with E-state index in [1.54, 1.807) is 6.20 Å². The first kappa shape index (κ1) is 12.1. The Bertz CT molecular complexity index is 380. The van der Waals surface area contributed by atoms with Crippen molar-refractivity contribution in [3.8, 4) is 0 Å². The van der Waals surface area contributed by atoms with Gasteiger partial charge in [-0.2, -0.15) is 0 Å².